The molecule has 6 atom stereocenters. The van der Waals surface area contributed by atoms with Crippen molar-refractivity contribution in [3.63, 3.8) is 0 Å². The largest absolute Gasteiger partial charge is 0.491 e. The molecule has 2 unspecified atom stereocenters. The van der Waals surface area contributed by atoms with Crippen LogP contribution in [0.3, 0.4) is 0 Å². The van der Waals surface area contributed by atoms with E-state index in [1.165, 1.54) is 17.5 Å². The second-order valence-electron chi connectivity index (χ2n) is 27.6. The highest BCUT2D eigenvalue weighted by atomic mass is 35.5. The minimum atomic E-state index is -0.946. The molecule has 6 aliphatic rings. The third kappa shape index (κ3) is 23.8. The smallest absolute Gasteiger partial charge is 0.424 e. The maximum Gasteiger partial charge on any atom is 0.424 e. The van der Waals surface area contributed by atoms with Gasteiger partial charge in [0, 0.05) is 61.4 Å². The van der Waals surface area contributed by atoms with Crippen LogP contribution >= 0.6 is 11.6 Å². The van der Waals surface area contributed by atoms with Crippen molar-refractivity contribution in [1.29, 1.82) is 5.41 Å². The maximum atomic E-state index is 13.0. The number of fused-ring (bicyclic) bond motifs is 6. The van der Waals surface area contributed by atoms with Gasteiger partial charge in [0.15, 0.2) is 0 Å². The number of hydrogen-bond donors (Lipinski definition) is 5. The Morgan fingerprint density at radius 2 is 1.11 bits per heavy atom. The van der Waals surface area contributed by atoms with E-state index in [4.69, 9.17) is 65.4 Å². The zero-order valence-electron chi connectivity index (χ0n) is 59.6. The van der Waals surface area contributed by atoms with Crippen molar-refractivity contribution in [2.75, 3.05) is 84.5 Å². The van der Waals surface area contributed by atoms with Crippen LogP contribution in [0.15, 0.2) is 127 Å². The molecule has 104 heavy (non-hydrogen) atoms. The van der Waals surface area contributed by atoms with Gasteiger partial charge in [0.1, 0.15) is 59.8 Å². The number of rotatable bonds is 28. The summed E-state index contributed by atoms with van der Waals surface area (Å²) in [5.41, 5.74) is 12.3. The molecule has 4 bridgehead atoms. The van der Waals surface area contributed by atoms with Crippen LogP contribution in [0, 0.1) is 5.41 Å². The second-order valence-corrected chi connectivity index (χ2v) is 28.0. The third-order valence-corrected chi connectivity index (χ3v) is 18.0. The van der Waals surface area contributed by atoms with Crippen molar-refractivity contribution in [2.45, 2.75) is 174 Å². The monoisotopic (exact) mass is 1460 g/mol. The molecule has 0 aliphatic carbocycles. The summed E-state index contributed by atoms with van der Waals surface area (Å²) in [6.07, 6.45) is 6.41. The molecule has 562 valence electrons. The van der Waals surface area contributed by atoms with Gasteiger partial charge in [-0.2, -0.15) is 9.80 Å². The van der Waals surface area contributed by atoms with Gasteiger partial charge in [-0.1, -0.05) is 104 Å². The molecular weight excluding hydrogens is 1360 g/mol. The van der Waals surface area contributed by atoms with Gasteiger partial charge in [-0.15, -0.1) is 0 Å². The van der Waals surface area contributed by atoms with Crippen LogP contribution in [0.1, 0.15) is 158 Å². The quantitative estimate of drug-likeness (QED) is 0.0134. The fraction of sp³-hybridized carbons (Fsp3) is 0.506. The zero-order chi connectivity index (χ0) is 73.5. The van der Waals surface area contributed by atoms with E-state index in [0.29, 0.717) is 143 Å². The molecule has 0 radical (unpaired) electrons. The Morgan fingerprint density at radius 1 is 0.606 bits per heavy atom. The SMILES string of the molecule is C.CC(C)(C)OC(=O)N1C(=O)CCC(c2ccc(OCCOCCOCCNC(=O)OCc3ccccc3)cc2)C1=O.CC(C)(C)OC(=O)N1C(=O)CCC(c2ccc(OCCOCCOCCNc3ncnc4c3C[C@@H]3CC[C@H]4N3)cc2)C1=O.N=C(Cl)C1=C(N)[C@H]2CC[C@@H](C1)N2Cc1ccccc1. The molecule has 7 amide bonds. The number of piperidine rings is 2. The number of carbonyl (C=O) groups excluding carboxylic acids is 7. The van der Waals surface area contributed by atoms with Crippen molar-refractivity contribution < 1.29 is 76.2 Å². The molecule has 1 aromatic heterocycles. The lowest BCUT2D eigenvalue weighted by atomic mass is 9.89. The molecule has 4 aromatic carbocycles. The van der Waals surface area contributed by atoms with Gasteiger partial charge in [0.2, 0.25) is 23.6 Å². The second kappa shape index (κ2) is 39.3. The van der Waals surface area contributed by atoms with E-state index < -0.39 is 64.9 Å². The summed E-state index contributed by atoms with van der Waals surface area (Å²) < 4.78 is 49.3. The van der Waals surface area contributed by atoms with Gasteiger partial charge in [-0.05, 0) is 139 Å². The maximum absolute atomic E-state index is 13.0. The molecule has 26 nitrogen and oxygen atoms in total. The first-order valence-corrected chi connectivity index (χ1v) is 35.6. The Balaban J connectivity index is 0.000000210. The van der Waals surface area contributed by atoms with Crippen molar-refractivity contribution in [3.05, 3.63) is 160 Å². The molecular formula is C77H101ClN10O16. The number of nitrogens with zero attached hydrogens (tertiary/aromatic N) is 5. The fourth-order valence-electron chi connectivity index (χ4n) is 12.9. The standard InChI is InChI=1S/C31H41N5O7.C30H38N2O9.C15H18ClN3.CH4/c1-31(2,3)43-30(39)36-26(37)11-9-23(29(36)38)20-4-7-22(8-5-20)42-17-16-41-15-14-40-13-12-32-28-24-18-21-6-10-25(35-21)27(24)33-19-34-28;1-30(2,3)41-29(36)32-26(33)14-13-25(27(32)34)23-9-11-24(12-10-23)39-20-19-38-18-17-37-16-15-31-28(35)40-21-22-7-5-4-6-8-22;16-15(18)12-8-11-6-7-13(14(12)17)19(11)9-10-4-2-1-3-5-10;/h4-5,7-8,19,21,23,25,35H,6,9-18H2,1-3H3,(H,32,33,34);4-12,25H,13-21H2,1-3H3,(H,31,35);1-5,11,13,18H,6-9,17H2;1H4/t21-,23?,25+;;11-,13+;/m0.0./s1. The molecule has 0 spiro atoms. The van der Waals surface area contributed by atoms with Crippen LogP contribution in [-0.4, -0.2) is 180 Å². The van der Waals surface area contributed by atoms with Gasteiger partial charge in [0.05, 0.1) is 82.5 Å². The summed E-state index contributed by atoms with van der Waals surface area (Å²) in [5.74, 6) is -1.32. The van der Waals surface area contributed by atoms with E-state index in [9.17, 15) is 33.6 Å². The zero-order valence-corrected chi connectivity index (χ0v) is 60.4. The van der Waals surface area contributed by atoms with Crippen LogP contribution in [0.25, 0.3) is 0 Å². The van der Waals surface area contributed by atoms with Crippen molar-refractivity contribution >= 4 is 64.5 Å². The molecule has 0 saturated carbocycles. The minimum Gasteiger partial charge on any atom is -0.491 e. The number of nitrogens with one attached hydrogen (secondary N) is 4. The summed E-state index contributed by atoms with van der Waals surface area (Å²) in [4.78, 5) is 99.7. The van der Waals surface area contributed by atoms with Crippen LogP contribution in [0.2, 0.25) is 0 Å². The van der Waals surface area contributed by atoms with E-state index in [-0.39, 0.29) is 38.1 Å². The van der Waals surface area contributed by atoms with Crippen molar-refractivity contribution in [3.8, 4) is 11.5 Å². The molecule has 4 saturated heterocycles. The highest BCUT2D eigenvalue weighted by molar-refractivity contribution is 6.68. The Morgan fingerprint density at radius 3 is 1.62 bits per heavy atom. The summed E-state index contributed by atoms with van der Waals surface area (Å²) >= 11 is 5.84. The number of aromatic nitrogens is 2. The van der Waals surface area contributed by atoms with Gasteiger partial charge in [-0.25, -0.2) is 24.4 Å². The Bertz CT molecular complexity index is 3710. The lowest BCUT2D eigenvalue weighted by molar-refractivity contribution is -0.149. The normalized spacial score (nSPS) is 19.8. The Labute approximate surface area is 614 Å². The molecule has 6 aliphatic heterocycles. The highest BCUT2D eigenvalue weighted by Crippen LogP contribution is 2.40. The number of benzene rings is 4. The summed E-state index contributed by atoms with van der Waals surface area (Å²) in [7, 11) is 0. The predicted molar refractivity (Wildman–Crippen MR) is 390 cm³/mol. The first-order valence-electron chi connectivity index (χ1n) is 35.3. The number of likely N-dealkylation sites (tertiary alicyclic amines) is 2. The van der Waals surface area contributed by atoms with Gasteiger partial charge in [-0.3, -0.25) is 29.5 Å². The number of carbonyl (C=O) groups is 7. The molecule has 7 heterocycles. The molecule has 11 rings (SSSR count). The minimum absolute atomic E-state index is 0. The topological polar surface area (TPSA) is 324 Å². The number of ether oxygens (including phenoxy) is 9. The van der Waals surface area contributed by atoms with Crippen LogP contribution < -0.4 is 31.2 Å². The third-order valence-electron chi connectivity index (χ3n) is 17.8. The number of anilines is 1. The average Bonchev–Trinajstić information content (AvgIpc) is 0.956. The van der Waals surface area contributed by atoms with Crippen LogP contribution in [0.5, 0.6) is 11.5 Å². The summed E-state index contributed by atoms with van der Waals surface area (Å²) in [6.45, 7) is 16.2. The van der Waals surface area contributed by atoms with Crippen LogP contribution in [-0.2, 0) is 71.9 Å². The molecule has 6 N–H and O–H groups in total. The van der Waals surface area contributed by atoms with Gasteiger partial charge in [0.25, 0.3) is 0 Å². The number of nitrogens with two attached hydrogens (primary N) is 1. The average molecular weight is 1460 g/mol. The molecule has 5 aromatic rings. The van der Waals surface area contributed by atoms with E-state index in [1.807, 2.05) is 36.4 Å². The van der Waals surface area contributed by atoms with E-state index >= 15 is 0 Å². The Hall–Kier alpha value is -8.89. The molecule has 4 fully saturated rings. The number of imide groups is 6. The first-order chi connectivity index (χ1) is 49.5. The fourth-order valence-corrected chi connectivity index (χ4v) is 13.1. The van der Waals surface area contributed by atoms with Crippen molar-refractivity contribution in [1.82, 2.24) is 35.3 Å². The number of halogens is 1. The van der Waals surface area contributed by atoms with E-state index in [0.717, 1.165) is 67.0 Å². The number of alkyl carbamates (subject to hydrolysis) is 1. The van der Waals surface area contributed by atoms with Gasteiger partial charge < -0.3 is 64.3 Å². The summed E-state index contributed by atoms with van der Waals surface area (Å²) in [6, 6.07) is 35.6. The van der Waals surface area contributed by atoms with Crippen molar-refractivity contribution in [2.24, 2.45) is 5.73 Å². The predicted octanol–water partition coefficient (Wildman–Crippen LogP) is 11.2. The first kappa shape index (κ1) is 80.8. The lowest BCUT2D eigenvalue weighted by Gasteiger charge is -2.36. The number of hydrogen-bond acceptors (Lipinski definition) is 23. The Kier molecular flexibility index (Phi) is 30.5. The highest BCUT2D eigenvalue weighted by Gasteiger charge is 2.44. The van der Waals surface area contributed by atoms with Gasteiger partial charge >= 0.3 is 18.3 Å². The van der Waals surface area contributed by atoms with E-state index in [2.05, 4.69) is 55.1 Å². The number of amides is 7. The van der Waals surface area contributed by atoms with E-state index in [1.54, 1.807) is 96.4 Å². The summed E-state index contributed by atoms with van der Waals surface area (Å²) in [5, 5.41) is 17.4. The lowest BCUT2D eigenvalue weighted by Crippen LogP contribution is -2.49. The molecule has 27 heteroatoms. The van der Waals surface area contributed by atoms with Crippen LogP contribution in [0.4, 0.5) is 20.2 Å².